The van der Waals surface area contributed by atoms with E-state index in [0.29, 0.717) is 0 Å². The van der Waals surface area contributed by atoms with Crippen LogP contribution in [0.15, 0.2) is 52.4 Å². The fraction of sp³-hybridized carbons (Fsp3) is 0.222. The molecule has 0 aromatic heterocycles. The van der Waals surface area contributed by atoms with E-state index >= 15 is 0 Å². The highest BCUT2D eigenvalue weighted by Gasteiger charge is 1.95. The molecule has 0 unspecified atom stereocenters. The number of benzene rings is 2. The molecule has 0 radical (unpaired) electrons. The second-order valence-corrected chi connectivity index (χ2v) is 5.28. The zero-order chi connectivity index (χ0) is 15.2. The fourth-order valence-electron chi connectivity index (χ4n) is 1.92. The lowest BCUT2D eigenvalue weighted by molar-refractivity contribution is 0.802. The SMILES string of the molecule is Cc1ccc(/N=C/N(C)C=Nc2ccc(C)cc2C)cc1. The Morgan fingerprint density at radius 1 is 0.810 bits per heavy atom. The van der Waals surface area contributed by atoms with E-state index in [9.17, 15) is 0 Å². The molecule has 0 spiro atoms. The highest BCUT2D eigenvalue weighted by atomic mass is 15.1. The highest BCUT2D eigenvalue weighted by molar-refractivity contribution is 5.78. The Kier molecular flexibility index (Phi) is 4.88. The van der Waals surface area contributed by atoms with Gasteiger partial charge in [-0.15, -0.1) is 0 Å². The van der Waals surface area contributed by atoms with Crippen LogP contribution < -0.4 is 0 Å². The molecular weight excluding hydrogens is 258 g/mol. The quantitative estimate of drug-likeness (QED) is 0.595. The summed E-state index contributed by atoms with van der Waals surface area (Å²) in [6, 6.07) is 14.3. The van der Waals surface area contributed by atoms with Crippen LogP contribution in [-0.2, 0) is 0 Å². The van der Waals surface area contributed by atoms with Crippen molar-refractivity contribution in [3.05, 3.63) is 59.2 Å². The summed E-state index contributed by atoms with van der Waals surface area (Å²) in [5.41, 5.74) is 5.58. The minimum absolute atomic E-state index is 0.937. The number of nitrogens with zero attached hydrogens (tertiary/aromatic N) is 3. The third-order valence-electron chi connectivity index (χ3n) is 3.15. The molecule has 0 N–H and O–H groups in total. The summed E-state index contributed by atoms with van der Waals surface area (Å²) in [6.45, 7) is 6.22. The van der Waals surface area contributed by atoms with E-state index in [1.165, 1.54) is 16.7 Å². The number of aliphatic imine (C=N–C) groups is 2. The number of hydrogen-bond acceptors (Lipinski definition) is 2. The molecule has 0 aliphatic carbocycles. The Labute approximate surface area is 126 Å². The molecule has 0 aliphatic heterocycles. The molecule has 0 atom stereocenters. The van der Waals surface area contributed by atoms with Gasteiger partial charge < -0.3 is 4.90 Å². The molecule has 2 aromatic carbocycles. The van der Waals surface area contributed by atoms with Crippen molar-refractivity contribution < 1.29 is 0 Å². The monoisotopic (exact) mass is 279 g/mol. The van der Waals surface area contributed by atoms with Crippen LogP contribution in [-0.4, -0.2) is 24.6 Å². The molecule has 0 fully saturated rings. The topological polar surface area (TPSA) is 28.0 Å². The van der Waals surface area contributed by atoms with Crippen LogP contribution >= 0.6 is 0 Å². The summed E-state index contributed by atoms with van der Waals surface area (Å²) in [5, 5.41) is 0. The normalized spacial score (nSPS) is 11.4. The largest absolute Gasteiger partial charge is 0.326 e. The van der Waals surface area contributed by atoms with E-state index in [1.54, 1.807) is 12.7 Å². The molecule has 21 heavy (non-hydrogen) atoms. The maximum Gasteiger partial charge on any atom is 0.0961 e. The molecule has 0 heterocycles. The lowest BCUT2D eigenvalue weighted by atomic mass is 10.1. The van der Waals surface area contributed by atoms with E-state index < -0.39 is 0 Å². The predicted octanol–water partition coefficient (Wildman–Crippen LogP) is 4.56. The first-order valence-corrected chi connectivity index (χ1v) is 6.99. The molecule has 3 heteroatoms. The van der Waals surface area contributed by atoms with Crippen LogP contribution in [0.3, 0.4) is 0 Å². The van der Waals surface area contributed by atoms with Crippen molar-refractivity contribution in [1.29, 1.82) is 0 Å². The molecule has 0 bridgehead atoms. The van der Waals surface area contributed by atoms with Crippen LogP contribution in [0.5, 0.6) is 0 Å². The maximum absolute atomic E-state index is 4.48. The maximum atomic E-state index is 4.48. The van der Waals surface area contributed by atoms with Crippen LogP contribution in [0.1, 0.15) is 16.7 Å². The Morgan fingerprint density at radius 2 is 1.43 bits per heavy atom. The first-order chi connectivity index (χ1) is 10.0. The van der Waals surface area contributed by atoms with E-state index in [1.807, 2.05) is 30.1 Å². The van der Waals surface area contributed by atoms with Crippen molar-refractivity contribution in [3.63, 3.8) is 0 Å². The van der Waals surface area contributed by atoms with Crippen molar-refractivity contribution >= 4 is 24.1 Å². The molecule has 108 valence electrons. The summed E-state index contributed by atoms with van der Waals surface area (Å²) < 4.78 is 0. The lowest BCUT2D eigenvalue weighted by Gasteiger charge is -2.06. The third kappa shape index (κ3) is 4.56. The summed E-state index contributed by atoms with van der Waals surface area (Å²) in [4.78, 5) is 10.7. The molecule has 0 amide bonds. The summed E-state index contributed by atoms with van der Waals surface area (Å²) in [6.07, 6.45) is 3.53. The molecule has 0 saturated carbocycles. The summed E-state index contributed by atoms with van der Waals surface area (Å²) in [5.74, 6) is 0. The van der Waals surface area contributed by atoms with Crippen molar-refractivity contribution in [2.24, 2.45) is 9.98 Å². The number of hydrogen-bond donors (Lipinski definition) is 0. The van der Waals surface area contributed by atoms with Crippen molar-refractivity contribution in [2.75, 3.05) is 7.05 Å². The Balaban J connectivity index is 2.02. The molecule has 0 aliphatic rings. The minimum Gasteiger partial charge on any atom is -0.326 e. The van der Waals surface area contributed by atoms with Crippen LogP contribution in [0.25, 0.3) is 0 Å². The first kappa shape index (κ1) is 15.0. The molecule has 0 saturated heterocycles. The van der Waals surface area contributed by atoms with Crippen molar-refractivity contribution in [3.8, 4) is 0 Å². The van der Waals surface area contributed by atoms with E-state index in [0.717, 1.165) is 11.4 Å². The minimum atomic E-state index is 0.937. The molecule has 3 nitrogen and oxygen atoms in total. The van der Waals surface area contributed by atoms with Gasteiger partial charge in [-0.05, 0) is 44.5 Å². The van der Waals surface area contributed by atoms with E-state index in [2.05, 4.69) is 55.0 Å². The third-order valence-corrected chi connectivity index (χ3v) is 3.15. The lowest BCUT2D eigenvalue weighted by Crippen LogP contribution is -2.12. The highest BCUT2D eigenvalue weighted by Crippen LogP contribution is 2.18. The van der Waals surface area contributed by atoms with Gasteiger partial charge in [0.1, 0.15) is 0 Å². The fourth-order valence-corrected chi connectivity index (χ4v) is 1.92. The van der Waals surface area contributed by atoms with Crippen molar-refractivity contribution in [1.82, 2.24) is 4.90 Å². The van der Waals surface area contributed by atoms with Crippen molar-refractivity contribution in [2.45, 2.75) is 20.8 Å². The van der Waals surface area contributed by atoms with Gasteiger partial charge in [-0.25, -0.2) is 9.98 Å². The smallest absolute Gasteiger partial charge is 0.0961 e. The van der Waals surface area contributed by atoms with Gasteiger partial charge in [-0.3, -0.25) is 0 Å². The zero-order valence-corrected chi connectivity index (χ0v) is 13.0. The van der Waals surface area contributed by atoms with Gasteiger partial charge in [0.25, 0.3) is 0 Å². The Bertz CT molecular complexity index is 655. The van der Waals surface area contributed by atoms with Gasteiger partial charge in [0.2, 0.25) is 0 Å². The molecule has 2 aromatic rings. The van der Waals surface area contributed by atoms with Gasteiger partial charge in [-0.2, -0.15) is 0 Å². The van der Waals surface area contributed by atoms with Crippen LogP contribution in [0, 0.1) is 20.8 Å². The van der Waals surface area contributed by atoms with Crippen LogP contribution in [0.4, 0.5) is 11.4 Å². The zero-order valence-electron chi connectivity index (χ0n) is 13.0. The Morgan fingerprint density at radius 3 is 2.10 bits per heavy atom. The number of rotatable bonds is 4. The van der Waals surface area contributed by atoms with Gasteiger partial charge in [0.05, 0.1) is 24.1 Å². The average Bonchev–Trinajstić information content (AvgIpc) is 2.46. The van der Waals surface area contributed by atoms with Gasteiger partial charge in [0, 0.05) is 7.05 Å². The summed E-state index contributed by atoms with van der Waals surface area (Å²) in [7, 11) is 1.92. The molecular formula is C18H21N3. The van der Waals surface area contributed by atoms with E-state index in [-0.39, 0.29) is 0 Å². The van der Waals surface area contributed by atoms with Gasteiger partial charge in [-0.1, -0.05) is 35.4 Å². The summed E-state index contributed by atoms with van der Waals surface area (Å²) >= 11 is 0. The van der Waals surface area contributed by atoms with Gasteiger partial charge in [0.15, 0.2) is 0 Å². The molecule has 2 rings (SSSR count). The first-order valence-electron chi connectivity index (χ1n) is 6.99. The van der Waals surface area contributed by atoms with E-state index in [4.69, 9.17) is 0 Å². The Hall–Kier alpha value is -2.42. The second kappa shape index (κ2) is 6.84. The standard InChI is InChI=1S/C18H21N3/c1-14-5-8-17(9-6-14)19-12-21(4)13-20-18-10-7-15(2)11-16(18)3/h5-13H,1-4H3/b19-12+,20-13?. The van der Waals surface area contributed by atoms with Crippen LogP contribution in [0.2, 0.25) is 0 Å². The van der Waals surface area contributed by atoms with Gasteiger partial charge >= 0.3 is 0 Å². The second-order valence-electron chi connectivity index (χ2n) is 5.28. The number of aryl methyl sites for hydroxylation is 3. The predicted molar refractivity (Wildman–Crippen MR) is 91.2 cm³/mol. The average molecular weight is 279 g/mol.